The number of nitrogens with two attached hydrogens (primary N) is 1. The number of hydrogen-bond donors (Lipinski definition) is 1. The maximum Gasteiger partial charge on any atom is 0.125 e. The second-order valence-electron chi connectivity index (χ2n) is 5.34. The van der Waals surface area contributed by atoms with Crippen LogP contribution in [0.3, 0.4) is 0 Å². The number of methoxy groups -OCH3 is 1. The molecule has 112 valence electrons. The van der Waals surface area contributed by atoms with E-state index in [-0.39, 0.29) is 17.9 Å². The average molecular weight is 301 g/mol. The average Bonchev–Trinajstić information content (AvgIpc) is 2.56. The topological polar surface area (TPSA) is 38.5 Å². The predicted molar refractivity (Wildman–Crippen MR) is 79.4 cm³/mol. The maximum atomic E-state index is 13.6. The minimum Gasteiger partial charge on any atom is -0.383 e. The van der Waals surface area contributed by atoms with Crippen LogP contribution in [0, 0.1) is 5.82 Å². The lowest BCUT2D eigenvalue weighted by Crippen LogP contribution is -2.41. The number of benzene rings is 1. The predicted octanol–water partition coefficient (Wildman–Crippen LogP) is 2.98. The van der Waals surface area contributed by atoms with Gasteiger partial charge in [-0.05, 0) is 43.1 Å². The summed E-state index contributed by atoms with van der Waals surface area (Å²) in [5.74, 6) is -0.310. The summed E-state index contributed by atoms with van der Waals surface area (Å²) in [5, 5.41) is 0.420. The summed E-state index contributed by atoms with van der Waals surface area (Å²) in [7, 11) is 1.69. The molecule has 2 N–H and O–H groups in total. The van der Waals surface area contributed by atoms with E-state index < -0.39 is 0 Å². The number of ether oxygens (including phenoxy) is 1. The van der Waals surface area contributed by atoms with Crippen molar-refractivity contribution in [1.82, 2.24) is 4.90 Å². The highest BCUT2D eigenvalue weighted by atomic mass is 35.5. The van der Waals surface area contributed by atoms with Crippen LogP contribution >= 0.6 is 11.6 Å². The van der Waals surface area contributed by atoms with Gasteiger partial charge in [-0.25, -0.2) is 4.39 Å². The fraction of sp³-hybridized carbons (Fsp3) is 0.600. The molecule has 2 atom stereocenters. The highest BCUT2D eigenvalue weighted by molar-refractivity contribution is 6.30. The van der Waals surface area contributed by atoms with Crippen LogP contribution in [0.5, 0.6) is 0 Å². The molecule has 1 aliphatic rings. The molecular formula is C15H22ClFN2O. The number of halogens is 2. The fourth-order valence-corrected chi connectivity index (χ4v) is 3.16. The van der Waals surface area contributed by atoms with Crippen LogP contribution in [-0.4, -0.2) is 37.7 Å². The van der Waals surface area contributed by atoms with E-state index in [9.17, 15) is 4.39 Å². The van der Waals surface area contributed by atoms with Gasteiger partial charge in [0, 0.05) is 24.7 Å². The molecule has 0 amide bonds. The van der Waals surface area contributed by atoms with Gasteiger partial charge in [-0.2, -0.15) is 0 Å². The summed E-state index contributed by atoms with van der Waals surface area (Å²) >= 11 is 5.99. The van der Waals surface area contributed by atoms with E-state index in [4.69, 9.17) is 22.1 Å². The molecule has 0 radical (unpaired) electrons. The van der Waals surface area contributed by atoms with E-state index in [1.165, 1.54) is 6.07 Å². The van der Waals surface area contributed by atoms with Crippen LogP contribution in [-0.2, 0) is 4.74 Å². The molecule has 1 aromatic rings. The zero-order valence-corrected chi connectivity index (χ0v) is 12.6. The number of nitrogens with zero attached hydrogens (tertiary/aromatic N) is 1. The van der Waals surface area contributed by atoms with Crippen LogP contribution in [0.2, 0.25) is 5.02 Å². The molecule has 5 heteroatoms. The first kappa shape index (κ1) is 15.7. The lowest BCUT2D eigenvalue weighted by molar-refractivity contribution is 0.115. The van der Waals surface area contributed by atoms with E-state index in [0.717, 1.165) is 37.9 Å². The fourth-order valence-electron chi connectivity index (χ4n) is 2.93. The van der Waals surface area contributed by atoms with Crippen LogP contribution in [0.4, 0.5) is 4.39 Å². The first-order valence-corrected chi connectivity index (χ1v) is 7.44. The van der Waals surface area contributed by atoms with Crippen molar-refractivity contribution in [1.29, 1.82) is 0 Å². The van der Waals surface area contributed by atoms with Crippen molar-refractivity contribution < 1.29 is 9.13 Å². The van der Waals surface area contributed by atoms with E-state index in [0.29, 0.717) is 11.6 Å². The van der Waals surface area contributed by atoms with Gasteiger partial charge < -0.3 is 10.5 Å². The second kappa shape index (κ2) is 7.36. The summed E-state index contributed by atoms with van der Waals surface area (Å²) in [6, 6.07) is 4.68. The molecule has 0 bridgehead atoms. The van der Waals surface area contributed by atoms with Gasteiger partial charge in [-0.3, -0.25) is 4.90 Å². The van der Waals surface area contributed by atoms with Crippen molar-refractivity contribution in [3.63, 3.8) is 0 Å². The summed E-state index contributed by atoms with van der Waals surface area (Å²) in [6.45, 7) is 2.39. The van der Waals surface area contributed by atoms with Crippen molar-refractivity contribution >= 4 is 11.6 Å². The smallest absolute Gasteiger partial charge is 0.125 e. The van der Waals surface area contributed by atoms with E-state index in [1.54, 1.807) is 13.2 Å². The molecule has 3 nitrogen and oxygen atoms in total. The van der Waals surface area contributed by atoms with Crippen molar-refractivity contribution in [2.45, 2.75) is 31.3 Å². The lowest BCUT2D eigenvalue weighted by Gasteiger charge is -2.33. The Kier molecular flexibility index (Phi) is 5.78. The molecule has 0 saturated carbocycles. The number of hydrogen-bond acceptors (Lipinski definition) is 3. The highest BCUT2D eigenvalue weighted by Gasteiger charge is 2.29. The Morgan fingerprint density at radius 2 is 2.20 bits per heavy atom. The van der Waals surface area contributed by atoms with Gasteiger partial charge in [-0.1, -0.05) is 18.0 Å². The molecule has 0 aromatic heterocycles. The van der Waals surface area contributed by atoms with Crippen molar-refractivity contribution in [3.05, 3.63) is 34.6 Å². The third-order valence-corrected chi connectivity index (χ3v) is 4.06. The molecule has 1 heterocycles. The summed E-state index contributed by atoms with van der Waals surface area (Å²) in [6.07, 6.45) is 3.16. The monoisotopic (exact) mass is 300 g/mol. The Morgan fingerprint density at radius 3 is 2.90 bits per heavy atom. The van der Waals surface area contributed by atoms with Gasteiger partial charge in [0.1, 0.15) is 5.82 Å². The first-order chi connectivity index (χ1) is 9.61. The summed E-state index contributed by atoms with van der Waals surface area (Å²) < 4.78 is 18.8. The van der Waals surface area contributed by atoms with Crippen molar-refractivity contribution in [2.24, 2.45) is 5.73 Å². The largest absolute Gasteiger partial charge is 0.383 e. The van der Waals surface area contributed by atoms with Crippen LogP contribution in [0.25, 0.3) is 0 Å². The minimum absolute atomic E-state index is 0.000787. The SMILES string of the molecule is COCCN1CCCCC(N)C1c1cc(F)cc(Cl)c1. The normalized spacial score (nSPS) is 24.6. The Balaban J connectivity index is 2.29. The molecule has 20 heavy (non-hydrogen) atoms. The zero-order chi connectivity index (χ0) is 14.5. The molecule has 1 fully saturated rings. The van der Waals surface area contributed by atoms with Gasteiger partial charge in [0.2, 0.25) is 0 Å². The summed E-state index contributed by atoms with van der Waals surface area (Å²) in [5.41, 5.74) is 7.19. The number of likely N-dealkylation sites (tertiary alicyclic amines) is 1. The van der Waals surface area contributed by atoms with E-state index >= 15 is 0 Å². The summed E-state index contributed by atoms with van der Waals surface area (Å²) in [4.78, 5) is 2.28. The van der Waals surface area contributed by atoms with Crippen molar-refractivity contribution in [3.8, 4) is 0 Å². The quantitative estimate of drug-likeness (QED) is 0.929. The maximum absolute atomic E-state index is 13.6. The molecule has 1 saturated heterocycles. The Bertz CT molecular complexity index is 424. The first-order valence-electron chi connectivity index (χ1n) is 7.06. The molecular weight excluding hydrogens is 279 g/mol. The van der Waals surface area contributed by atoms with Crippen LogP contribution in [0.1, 0.15) is 30.9 Å². The van der Waals surface area contributed by atoms with Crippen molar-refractivity contribution in [2.75, 3.05) is 26.8 Å². The van der Waals surface area contributed by atoms with Gasteiger partial charge in [0.05, 0.1) is 12.6 Å². The van der Waals surface area contributed by atoms with E-state index in [2.05, 4.69) is 4.90 Å². The molecule has 1 aromatic carbocycles. The molecule has 2 rings (SSSR count). The van der Waals surface area contributed by atoms with Crippen LogP contribution < -0.4 is 5.73 Å². The van der Waals surface area contributed by atoms with Gasteiger partial charge in [0.15, 0.2) is 0 Å². The second-order valence-corrected chi connectivity index (χ2v) is 5.77. The lowest BCUT2D eigenvalue weighted by atomic mass is 9.96. The van der Waals surface area contributed by atoms with Gasteiger partial charge >= 0.3 is 0 Å². The molecule has 2 unspecified atom stereocenters. The van der Waals surface area contributed by atoms with E-state index in [1.807, 2.05) is 6.07 Å². The minimum atomic E-state index is -0.310. The third kappa shape index (κ3) is 3.92. The number of rotatable bonds is 4. The zero-order valence-electron chi connectivity index (χ0n) is 11.8. The Labute approximate surface area is 124 Å². The molecule has 0 aliphatic carbocycles. The van der Waals surface area contributed by atoms with Gasteiger partial charge in [-0.15, -0.1) is 0 Å². The third-order valence-electron chi connectivity index (χ3n) is 3.84. The van der Waals surface area contributed by atoms with Crippen LogP contribution in [0.15, 0.2) is 18.2 Å². The Morgan fingerprint density at radius 1 is 1.40 bits per heavy atom. The Hall–Kier alpha value is -0.680. The molecule has 0 spiro atoms. The van der Waals surface area contributed by atoms with Gasteiger partial charge in [0.25, 0.3) is 0 Å². The molecule has 1 aliphatic heterocycles. The highest BCUT2D eigenvalue weighted by Crippen LogP contribution is 2.31. The standard InChI is InChI=1S/C15H22ClFN2O/c1-20-7-6-19-5-3-2-4-14(18)15(19)11-8-12(16)10-13(17)9-11/h8-10,14-15H,2-7,18H2,1H3.